The van der Waals surface area contributed by atoms with E-state index < -0.39 is 7.92 Å². The molecule has 4 rings (SSSR count). The van der Waals surface area contributed by atoms with Crippen LogP contribution in [0.1, 0.15) is 24.0 Å². The van der Waals surface area contributed by atoms with Crippen molar-refractivity contribution < 1.29 is 9.47 Å². The molecule has 0 N–H and O–H groups in total. The standard InChI is InChI=1S/C30H31O2P/c1-31-27-20-18-26(19-21-27)24-32-22-9-8-11-25-12-10-17-30(23-25)33(28-13-4-2-5-14-28)29-15-6-3-7-16-29/h2-7,10,12-21,23H,8-9,11,22,24H2,1H3. The lowest BCUT2D eigenvalue weighted by molar-refractivity contribution is 0.117. The molecule has 168 valence electrons. The molecule has 0 spiro atoms. The van der Waals surface area contributed by atoms with E-state index in [0.717, 1.165) is 31.6 Å². The maximum Gasteiger partial charge on any atom is 0.118 e. The van der Waals surface area contributed by atoms with Crippen molar-refractivity contribution >= 4 is 23.8 Å². The Hall–Kier alpha value is -2.93. The molecule has 0 heterocycles. The van der Waals surface area contributed by atoms with Gasteiger partial charge < -0.3 is 9.47 Å². The van der Waals surface area contributed by atoms with Crippen molar-refractivity contribution in [2.75, 3.05) is 13.7 Å². The van der Waals surface area contributed by atoms with Crippen molar-refractivity contribution in [2.45, 2.75) is 25.9 Å². The average molecular weight is 455 g/mol. The third-order valence-corrected chi connectivity index (χ3v) is 8.05. The van der Waals surface area contributed by atoms with Gasteiger partial charge in [0.1, 0.15) is 5.75 Å². The van der Waals surface area contributed by atoms with Gasteiger partial charge in [-0.25, -0.2) is 0 Å². The average Bonchev–Trinajstić information content (AvgIpc) is 2.88. The Morgan fingerprint density at radius 3 is 1.88 bits per heavy atom. The van der Waals surface area contributed by atoms with Gasteiger partial charge in [0.25, 0.3) is 0 Å². The Bertz CT molecular complexity index is 1060. The largest absolute Gasteiger partial charge is 0.497 e. The summed E-state index contributed by atoms with van der Waals surface area (Å²) in [6, 6.07) is 39.0. The molecule has 0 bridgehead atoms. The highest BCUT2D eigenvalue weighted by molar-refractivity contribution is 7.79. The topological polar surface area (TPSA) is 18.5 Å². The highest BCUT2D eigenvalue weighted by Crippen LogP contribution is 2.32. The zero-order valence-electron chi connectivity index (χ0n) is 19.2. The maximum atomic E-state index is 5.87. The van der Waals surface area contributed by atoms with Crippen LogP contribution in [-0.2, 0) is 17.8 Å². The van der Waals surface area contributed by atoms with Crippen LogP contribution in [0, 0.1) is 0 Å². The Morgan fingerprint density at radius 1 is 0.606 bits per heavy atom. The number of rotatable bonds is 11. The molecule has 33 heavy (non-hydrogen) atoms. The first-order valence-corrected chi connectivity index (χ1v) is 12.9. The minimum absolute atomic E-state index is 0.550. The maximum absolute atomic E-state index is 5.87. The summed E-state index contributed by atoms with van der Waals surface area (Å²) in [5, 5.41) is 4.20. The van der Waals surface area contributed by atoms with E-state index in [9.17, 15) is 0 Å². The molecule has 0 radical (unpaired) electrons. The molecule has 0 saturated carbocycles. The monoisotopic (exact) mass is 454 g/mol. The van der Waals surface area contributed by atoms with Gasteiger partial charge in [-0.1, -0.05) is 97.1 Å². The van der Waals surface area contributed by atoms with E-state index in [2.05, 4.69) is 97.1 Å². The summed E-state index contributed by atoms with van der Waals surface area (Å²) >= 11 is 0. The van der Waals surface area contributed by atoms with Crippen molar-refractivity contribution in [3.63, 3.8) is 0 Å². The fraction of sp³-hybridized carbons (Fsp3) is 0.200. The van der Waals surface area contributed by atoms with Gasteiger partial charge in [0.2, 0.25) is 0 Å². The van der Waals surface area contributed by atoms with Crippen LogP contribution >= 0.6 is 7.92 Å². The summed E-state index contributed by atoms with van der Waals surface area (Å²) < 4.78 is 11.1. The minimum Gasteiger partial charge on any atom is -0.497 e. The number of unbranched alkanes of at least 4 members (excludes halogenated alkanes) is 1. The number of hydrogen-bond donors (Lipinski definition) is 0. The first-order valence-electron chi connectivity index (χ1n) is 11.5. The van der Waals surface area contributed by atoms with Crippen LogP contribution in [0.25, 0.3) is 0 Å². The first kappa shape index (κ1) is 23.2. The molecule has 3 heteroatoms. The van der Waals surface area contributed by atoms with Crippen molar-refractivity contribution in [1.82, 2.24) is 0 Å². The zero-order valence-corrected chi connectivity index (χ0v) is 20.1. The summed E-state index contributed by atoms with van der Waals surface area (Å²) in [6.07, 6.45) is 3.26. The molecule has 0 aromatic heterocycles. The molecule has 4 aromatic rings. The fourth-order valence-corrected chi connectivity index (χ4v) is 6.26. The molecule has 0 fully saturated rings. The molecule has 4 aromatic carbocycles. The molecule has 0 aliphatic carbocycles. The zero-order chi connectivity index (χ0) is 22.7. The van der Waals surface area contributed by atoms with Crippen molar-refractivity contribution in [2.24, 2.45) is 0 Å². The molecule has 0 aliphatic heterocycles. The quantitative estimate of drug-likeness (QED) is 0.205. The Kier molecular flexibility index (Phi) is 8.69. The second-order valence-electron chi connectivity index (χ2n) is 8.03. The predicted molar refractivity (Wildman–Crippen MR) is 141 cm³/mol. The molecule has 0 aliphatic rings. The van der Waals surface area contributed by atoms with Gasteiger partial charge in [-0.2, -0.15) is 0 Å². The van der Waals surface area contributed by atoms with Gasteiger partial charge in [-0.3, -0.25) is 0 Å². The van der Waals surface area contributed by atoms with Crippen molar-refractivity contribution in [3.05, 3.63) is 120 Å². The Balaban J connectivity index is 1.33. The summed E-state index contributed by atoms with van der Waals surface area (Å²) in [5.74, 6) is 0.879. The number of aryl methyl sites for hydroxylation is 1. The van der Waals surface area contributed by atoms with Crippen LogP contribution in [0.3, 0.4) is 0 Å². The summed E-state index contributed by atoms with van der Waals surface area (Å²) in [4.78, 5) is 0. The highest BCUT2D eigenvalue weighted by atomic mass is 31.1. The minimum atomic E-state index is -0.550. The lowest BCUT2D eigenvalue weighted by Crippen LogP contribution is -2.20. The Morgan fingerprint density at radius 2 is 1.24 bits per heavy atom. The van der Waals surface area contributed by atoms with Crippen molar-refractivity contribution in [1.29, 1.82) is 0 Å². The number of benzene rings is 4. The third-order valence-electron chi connectivity index (χ3n) is 5.63. The van der Waals surface area contributed by atoms with E-state index in [4.69, 9.17) is 9.47 Å². The SMILES string of the molecule is COc1ccc(COCCCCc2cccc(P(c3ccccc3)c3ccccc3)c2)cc1. The van der Waals surface area contributed by atoms with E-state index >= 15 is 0 Å². The smallest absolute Gasteiger partial charge is 0.118 e. The molecular weight excluding hydrogens is 423 g/mol. The lowest BCUT2D eigenvalue weighted by atomic mass is 10.1. The van der Waals surface area contributed by atoms with E-state index in [-0.39, 0.29) is 0 Å². The van der Waals surface area contributed by atoms with Gasteiger partial charge in [-0.05, 0) is 66.4 Å². The molecule has 2 nitrogen and oxygen atoms in total. The molecule has 0 unspecified atom stereocenters. The van der Waals surface area contributed by atoms with Gasteiger partial charge in [0.05, 0.1) is 13.7 Å². The third kappa shape index (κ3) is 6.78. The highest BCUT2D eigenvalue weighted by Gasteiger charge is 2.16. The number of methoxy groups -OCH3 is 1. The van der Waals surface area contributed by atoms with Gasteiger partial charge >= 0.3 is 0 Å². The van der Waals surface area contributed by atoms with Crippen LogP contribution in [0.2, 0.25) is 0 Å². The fourth-order valence-electron chi connectivity index (χ4n) is 3.90. The first-order chi connectivity index (χ1) is 16.3. The second-order valence-corrected chi connectivity index (χ2v) is 10.3. The second kappa shape index (κ2) is 12.3. The van der Waals surface area contributed by atoms with Crippen LogP contribution in [0.5, 0.6) is 5.75 Å². The van der Waals surface area contributed by atoms with E-state index in [0.29, 0.717) is 6.61 Å². The van der Waals surface area contributed by atoms with E-state index in [1.54, 1.807) is 7.11 Å². The molecule has 0 amide bonds. The summed E-state index contributed by atoms with van der Waals surface area (Å²) in [5.41, 5.74) is 2.58. The number of hydrogen-bond acceptors (Lipinski definition) is 2. The van der Waals surface area contributed by atoms with Crippen LogP contribution in [0.15, 0.2) is 109 Å². The van der Waals surface area contributed by atoms with Crippen LogP contribution in [0.4, 0.5) is 0 Å². The van der Waals surface area contributed by atoms with Gasteiger partial charge in [-0.15, -0.1) is 0 Å². The molecule has 0 saturated heterocycles. The van der Waals surface area contributed by atoms with Crippen LogP contribution < -0.4 is 20.7 Å². The molecular formula is C30H31O2P. The van der Waals surface area contributed by atoms with Gasteiger partial charge in [0, 0.05) is 6.61 Å². The lowest BCUT2D eigenvalue weighted by Gasteiger charge is -2.20. The molecule has 0 atom stereocenters. The number of ether oxygens (including phenoxy) is 2. The predicted octanol–water partition coefficient (Wildman–Crippen LogP) is 5.99. The van der Waals surface area contributed by atoms with Crippen LogP contribution in [-0.4, -0.2) is 13.7 Å². The summed E-state index contributed by atoms with van der Waals surface area (Å²) in [6.45, 7) is 1.43. The van der Waals surface area contributed by atoms with E-state index in [1.165, 1.54) is 27.0 Å². The van der Waals surface area contributed by atoms with Crippen molar-refractivity contribution in [3.8, 4) is 5.75 Å². The van der Waals surface area contributed by atoms with E-state index in [1.807, 2.05) is 12.1 Å². The normalized spacial score (nSPS) is 11.0. The Labute approximate surface area is 199 Å². The summed E-state index contributed by atoms with van der Waals surface area (Å²) in [7, 11) is 1.14. The van der Waals surface area contributed by atoms with Gasteiger partial charge in [0.15, 0.2) is 0 Å².